The zero-order valence-corrected chi connectivity index (χ0v) is 13.6. The summed E-state index contributed by atoms with van der Waals surface area (Å²) in [4.78, 5) is 13.8. The molecule has 0 aromatic heterocycles. The summed E-state index contributed by atoms with van der Waals surface area (Å²) in [5.74, 6) is 0.725. The van der Waals surface area contributed by atoms with Gasteiger partial charge in [0.2, 0.25) is 0 Å². The van der Waals surface area contributed by atoms with Crippen LogP contribution in [0, 0.1) is 0 Å². The molecule has 7 heteroatoms. The number of alkyl halides is 3. The fourth-order valence-corrected chi connectivity index (χ4v) is 3.22. The molecule has 124 valence electrons. The Labute approximate surface area is 128 Å². The van der Waals surface area contributed by atoms with Crippen molar-refractivity contribution < 1.29 is 22.7 Å². The number of carbonyl (C=O) groups excluding carboxylic acids is 1. The highest BCUT2D eigenvalue weighted by molar-refractivity contribution is 7.99. The maximum atomic E-state index is 12.0. The van der Waals surface area contributed by atoms with Crippen LogP contribution in [-0.4, -0.2) is 46.9 Å². The first kappa shape index (κ1) is 18.5. The Kier molecular flexibility index (Phi) is 6.69. The molecule has 21 heavy (non-hydrogen) atoms. The number of halogens is 3. The summed E-state index contributed by atoms with van der Waals surface area (Å²) in [6, 6.07) is 0.0956. The van der Waals surface area contributed by atoms with Crippen LogP contribution in [0.25, 0.3) is 0 Å². The topological polar surface area (TPSA) is 29.5 Å². The lowest BCUT2D eigenvalue weighted by Gasteiger charge is -2.28. The van der Waals surface area contributed by atoms with Gasteiger partial charge in [0.15, 0.2) is 0 Å². The third-order valence-corrected chi connectivity index (χ3v) is 4.15. The molecule has 3 nitrogen and oxygen atoms in total. The second-order valence-electron chi connectivity index (χ2n) is 6.24. The second-order valence-corrected chi connectivity index (χ2v) is 7.46. The maximum Gasteiger partial charge on any atom is 0.410 e. The molecule has 1 aliphatic rings. The molecule has 0 radical (unpaired) electrons. The van der Waals surface area contributed by atoms with Crippen molar-refractivity contribution >= 4 is 17.9 Å². The first-order valence-corrected chi connectivity index (χ1v) is 8.38. The quantitative estimate of drug-likeness (QED) is 0.698. The Bertz CT molecular complexity index is 342. The van der Waals surface area contributed by atoms with E-state index in [1.54, 1.807) is 4.90 Å². The lowest BCUT2D eigenvalue weighted by molar-refractivity contribution is -0.129. The van der Waals surface area contributed by atoms with E-state index in [4.69, 9.17) is 4.74 Å². The van der Waals surface area contributed by atoms with Crippen molar-refractivity contribution in [3.05, 3.63) is 0 Å². The molecule has 0 spiro atoms. The Morgan fingerprint density at radius 1 is 1.29 bits per heavy atom. The molecule has 1 heterocycles. The standard InChI is InChI=1S/C14H24F3NO2S/c1-13(2,3)20-12(19)18-8-4-5-11(18)6-9-21-10-7-14(15,16)17/h11H,4-10H2,1-3H3/t11-/m0/s1. The zero-order chi connectivity index (χ0) is 16.1. The number of ether oxygens (including phenoxy) is 1. The molecular formula is C14H24F3NO2S. The summed E-state index contributed by atoms with van der Waals surface area (Å²) in [5, 5.41) is 0. The van der Waals surface area contributed by atoms with Crippen molar-refractivity contribution in [3.63, 3.8) is 0 Å². The van der Waals surface area contributed by atoms with Crippen molar-refractivity contribution in [2.75, 3.05) is 18.1 Å². The zero-order valence-electron chi connectivity index (χ0n) is 12.8. The van der Waals surface area contributed by atoms with Gasteiger partial charge in [0.25, 0.3) is 0 Å². The van der Waals surface area contributed by atoms with Crippen LogP contribution in [0.1, 0.15) is 46.5 Å². The van der Waals surface area contributed by atoms with E-state index in [-0.39, 0.29) is 17.9 Å². The lowest BCUT2D eigenvalue weighted by atomic mass is 10.2. The van der Waals surface area contributed by atoms with Gasteiger partial charge in [-0.2, -0.15) is 24.9 Å². The Balaban J connectivity index is 2.29. The molecule has 0 aromatic rings. The summed E-state index contributed by atoms with van der Waals surface area (Å²) in [7, 11) is 0. The average molecular weight is 327 g/mol. The summed E-state index contributed by atoms with van der Waals surface area (Å²) in [6.07, 6.45) is -2.59. The van der Waals surface area contributed by atoms with Crippen LogP contribution >= 0.6 is 11.8 Å². The molecule has 1 amide bonds. The van der Waals surface area contributed by atoms with Gasteiger partial charge in [-0.05, 0) is 45.8 Å². The van der Waals surface area contributed by atoms with Crippen LogP contribution in [0.15, 0.2) is 0 Å². The number of nitrogens with zero attached hydrogens (tertiary/aromatic N) is 1. The second kappa shape index (κ2) is 7.61. The highest BCUT2D eigenvalue weighted by Gasteiger charge is 2.32. The number of rotatable bonds is 5. The van der Waals surface area contributed by atoms with Crippen LogP contribution in [0.5, 0.6) is 0 Å². The smallest absolute Gasteiger partial charge is 0.410 e. The van der Waals surface area contributed by atoms with Gasteiger partial charge in [-0.1, -0.05) is 0 Å². The molecule has 0 unspecified atom stereocenters. The molecule has 1 saturated heterocycles. The van der Waals surface area contributed by atoms with E-state index in [0.717, 1.165) is 19.3 Å². The SMILES string of the molecule is CC(C)(C)OC(=O)N1CCC[C@H]1CCSCCC(F)(F)F. The number of amides is 1. The minimum atomic E-state index is -4.08. The molecule has 0 N–H and O–H groups in total. The Hall–Kier alpha value is -0.590. The lowest BCUT2D eigenvalue weighted by Crippen LogP contribution is -2.40. The molecular weight excluding hydrogens is 303 g/mol. The predicted octanol–water partition coefficient (Wildman–Crippen LogP) is 4.46. The van der Waals surface area contributed by atoms with Gasteiger partial charge >= 0.3 is 12.3 Å². The van der Waals surface area contributed by atoms with Gasteiger partial charge in [-0.25, -0.2) is 4.79 Å². The van der Waals surface area contributed by atoms with Gasteiger partial charge in [-0.15, -0.1) is 0 Å². The minimum absolute atomic E-state index is 0.0860. The van der Waals surface area contributed by atoms with Crippen LogP contribution in [0.3, 0.4) is 0 Å². The van der Waals surface area contributed by atoms with E-state index < -0.39 is 18.2 Å². The van der Waals surface area contributed by atoms with Crippen molar-refractivity contribution in [2.45, 2.75) is 64.3 Å². The van der Waals surface area contributed by atoms with Crippen molar-refractivity contribution in [1.82, 2.24) is 4.90 Å². The van der Waals surface area contributed by atoms with Crippen molar-refractivity contribution in [1.29, 1.82) is 0 Å². The monoisotopic (exact) mass is 327 g/mol. The number of carbonyl (C=O) groups is 1. The minimum Gasteiger partial charge on any atom is -0.444 e. The van der Waals surface area contributed by atoms with Crippen LogP contribution < -0.4 is 0 Å². The predicted molar refractivity (Wildman–Crippen MR) is 78.6 cm³/mol. The highest BCUT2D eigenvalue weighted by atomic mass is 32.2. The van der Waals surface area contributed by atoms with E-state index in [0.29, 0.717) is 12.3 Å². The third kappa shape index (κ3) is 7.83. The number of hydrogen-bond acceptors (Lipinski definition) is 3. The first-order chi connectivity index (χ1) is 9.58. The molecule has 0 saturated carbocycles. The van der Waals surface area contributed by atoms with Crippen LogP contribution in [0.2, 0.25) is 0 Å². The number of hydrogen-bond donors (Lipinski definition) is 0. The maximum absolute atomic E-state index is 12.0. The van der Waals surface area contributed by atoms with Crippen LogP contribution in [-0.2, 0) is 4.74 Å². The largest absolute Gasteiger partial charge is 0.444 e. The summed E-state index contributed by atoms with van der Waals surface area (Å²) in [5.41, 5.74) is -0.522. The number of likely N-dealkylation sites (tertiary alicyclic amines) is 1. The van der Waals surface area contributed by atoms with Gasteiger partial charge in [-0.3, -0.25) is 0 Å². The molecule has 1 aliphatic heterocycles. The number of thioether (sulfide) groups is 1. The van der Waals surface area contributed by atoms with Crippen molar-refractivity contribution in [3.8, 4) is 0 Å². The van der Waals surface area contributed by atoms with E-state index >= 15 is 0 Å². The van der Waals surface area contributed by atoms with Gasteiger partial charge < -0.3 is 9.64 Å². The molecule has 0 bridgehead atoms. The van der Waals surface area contributed by atoms with E-state index in [9.17, 15) is 18.0 Å². The molecule has 0 aliphatic carbocycles. The van der Waals surface area contributed by atoms with E-state index in [1.165, 1.54) is 11.8 Å². The van der Waals surface area contributed by atoms with Gasteiger partial charge in [0.1, 0.15) is 5.60 Å². The van der Waals surface area contributed by atoms with E-state index in [1.807, 2.05) is 20.8 Å². The van der Waals surface area contributed by atoms with E-state index in [2.05, 4.69) is 0 Å². The summed E-state index contributed by atoms with van der Waals surface area (Å²) >= 11 is 1.30. The fourth-order valence-electron chi connectivity index (χ4n) is 2.21. The van der Waals surface area contributed by atoms with Gasteiger partial charge in [0.05, 0.1) is 6.42 Å². The van der Waals surface area contributed by atoms with Gasteiger partial charge in [0, 0.05) is 18.3 Å². The molecule has 0 aromatic carbocycles. The third-order valence-electron chi connectivity index (χ3n) is 3.13. The normalized spacial score (nSPS) is 19.9. The molecule has 1 atom stereocenters. The highest BCUT2D eigenvalue weighted by Crippen LogP contribution is 2.26. The summed E-state index contributed by atoms with van der Waals surface area (Å²) in [6.45, 7) is 6.14. The Morgan fingerprint density at radius 2 is 1.95 bits per heavy atom. The fraction of sp³-hybridized carbons (Fsp3) is 0.929. The average Bonchev–Trinajstić information content (AvgIpc) is 2.73. The summed E-state index contributed by atoms with van der Waals surface area (Å²) < 4.78 is 41.4. The molecule has 1 fully saturated rings. The van der Waals surface area contributed by atoms with Crippen molar-refractivity contribution in [2.24, 2.45) is 0 Å². The Morgan fingerprint density at radius 3 is 2.52 bits per heavy atom. The first-order valence-electron chi connectivity index (χ1n) is 7.22. The van der Waals surface area contributed by atoms with Crippen LogP contribution in [0.4, 0.5) is 18.0 Å². The molecule has 1 rings (SSSR count).